The van der Waals surface area contributed by atoms with Crippen LogP contribution in [0.1, 0.15) is 12.5 Å². The largest absolute Gasteiger partial charge is 0.379 e. The zero-order chi connectivity index (χ0) is 19.7. The standard InChI is InChI=1S/C18H31N5O3S/c1-4-19-18(20-9-10-23-11-13-26-14-12-23)21-15-16-5-7-17(8-6-16)27(24,25)22(2)3/h5-8H,4,9-15H2,1-3H3,(H2,19,20,21). The van der Waals surface area contributed by atoms with Crippen molar-refractivity contribution in [2.24, 2.45) is 4.99 Å². The number of ether oxygens (including phenoxy) is 1. The molecule has 9 heteroatoms. The van der Waals surface area contributed by atoms with Crippen LogP contribution in [0, 0.1) is 0 Å². The summed E-state index contributed by atoms with van der Waals surface area (Å²) < 4.78 is 30.8. The van der Waals surface area contributed by atoms with Gasteiger partial charge in [0.2, 0.25) is 10.0 Å². The molecule has 1 aliphatic rings. The number of aliphatic imine (C=N–C) groups is 1. The van der Waals surface area contributed by atoms with Gasteiger partial charge in [0.1, 0.15) is 0 Å². The highest BCUT2D eigenvalue weighted by atomic mass is 32.2. The average Bonchev–Trinajstić information content (AvgIpc) is 2.67. The Labute approximate surface area is 162 Å². The first kappa shape index (κ1) is 21.6. The molecule has 0 saturated carbocycles. The lowest BCUT2D eigenvalue weighted by Gasteiger charge is -2.26. The molecule has 1 saturated heterocycles. The Morgan fingerprint density at radius 3 is 2.44 bits per heavy atom. The lowest BCUT2D eigenvalue weighted by Crippen LogP contribution is -2.44. The van der Waals surface area contributed by atoms with E-state index in [0.717, 1.165) is 57.5 Å². The van der Waals surface area contributed by atoms with E-state index < -0.39 is 10.0 Å². The summed E-state index contributed by atoms with van der Waals surface area (Å²) in [6.45, 7) is 8.59. The molecule has 152 valence electrons. The van der Waals surface area contributed by atoms with Crippen molar-refractivity contribution in [3.8, 4) is 0 Å². The summed E-state index contributed by atoms with van der Waals surface area (Å²) in [6, 6.07) is 6.85. The smallest absolute Gasteiger partial charge is 0.242 e. The number of hydrogen-bond donors (Lipinski definition) is 2. The predicted octanol–water partition coefficient (Wildman–Crippen LogP) is 0.324. The molecule has 0 atom stereocenters. The normalized spacial score (nSPS) is 16.5. The van der Waals surface area contributed by atoms with Crippen molar-refractivity contribution >= 4 is 16.0 Å². The Hall–Kier alpha value is -1.68. The molecule has 1 heterocycles. The molecule has 0 unspecified atom stereocenters. The van der Waals surface area contributed by atoms with Gasteiger partial charge in [-0.05, 0) is 24.6 Å². The molecule has 0 spiro atoms. The maximum absolute atomic E-state index is 12.1. The summed E-state index contributed by atoms with van der Waals surface area (Å²) in [4.78, 5) is 7.24. The summed E-state index contributed by atoms with van der Waals surface area (Å²) in [7, 11) is -0.344. The predicted molar refractivity (Wildman–Crippen MR) is 107 cm³/mol. The Bertz CT molecular complexity index is 698. The molecule has 0 amide bonds. The van der Waals surface area contributed by atoms with Gasteiger partial charge in [-0.25, -0.2) is 17.7 Å². The molecule has 0 bridgehead atoms. The second-order valence-electron chi connectivity index (χ2n) is 6.51. The molecule has 0 aromatic heterocycles. The molecule has 27 heavy (non-hydrogen) atoms. The molecule has 0 aliphatic carbocycles. The van der Waals surface area contributed by atoms with Gasteiger partial charge in [0.15, 0.2) is 5.96 Å². The van der Waals surface area contributed by atoms with Gasteiger partial charge in [-0.2, -0.15) is 0 Å². The summed E-state index contributed by atoms with van der Waals surface area (Å²) in [6.07, 6.45) is 0. The zero-order valence-corrected chi connectivity index (χ0v) is 17.3. The number of nitrogens with one attached hydrogen (secondary N) is 2. The number of hydrogen-bond acceptors (Lipinski definition) is 5. The summed E-state index contributed by atoms with van der Waals surface area (Å²) in [5, 5.41) is 6.58. The van der Waals surface area contributed by atoms with Crippen LogP contribution in [0.25, 0.3) is 0 Å². The minimum Gasteiger partial charge on any atom is -0.379 e. The molecule has 1 aliphatic heterocycles. The number of guanidine groups is 1. The molecular formula is C18H31N5O3S. The van der Waals surface area contributed by atoms with Crippen LogP contribution >= 0.6 is 0 Å². The summed E-state index contributed by atoms with van der Waals surface area (Å²) in [5.41, 5.74) is 0.957. The van der Waals surface area contributed by atoms with Crippen LogP contribution in [-0.2, 0) is 21.3 Å². The van der Waals surface area contributed by atoms with Crippen LogP contribution in [0.4, 0.5) is 0 Å². The number of sulfonamides is 1. The van der Waals surface area contributed by atoms with Gasteiger partial charge in [0, 0.05) is 46.8 Å². The highest BCUT2D eigenvalue weighted by Gasteiger charge is 2.16. The highest BCUT2D eigenvalue weighted by molar-refractivity contribution is 7.89. The molecule has 2 rings (SSSR count). The van der Waals surface area contributed by atoms with Gasteiger partial charge >= 0.3 is 0 Å². The van der Waals surface area contributed by atoms with Crippen LogP contribution in [0.3, 0.4) is 0 Å². The quantitative estimate of drug-likeness (QED) is 0.486. The number of benzene rings is 1. The van der Waals surface area contributed by atoms with E-state index in [9.17, 15) is 8.42 Å². The first-order valence-electron chi connectivity index (χ1n) is 9.27. The van der Waals surface area contributed by atoms with Gasteiger partial charge < -0.3 is 15.4 Å². The van der Waals surface area contributed by atoms with Crippen LogP contribution < -0.4 is 10.6 Å². The minimum absolute atomic E-state index is 0.288. The van der Waals surface area contributed by atoms with Crippen molar-refractivity contribution in [2.75, 3.05) is 60.0 Å². The molecule has 1 aromatic rings. The van der Waals surface area contributed by atoms with Gasteiger partial charge in [-0.1, -0.05) is 12.1 Å². The van der Waals surface area contributed by atoms with Gasteiger partial charge in [-0.3, -0.25) is 4.90 Å². The Balaban J connectivity index is 1.89. The maximum atomic E-state index is 12.1. The molecule has 1 fully saturated rings. The number of rotatable bonds is 8. The van der Waals surface area contributed by atoms with Gasteiger partial charge in [-0.15, -0.1) is 0 Å². The van der Waals surface area contributed by atoms with Gasteiger partial charge in [0.25, 0.3) is 0 Å². The number of nitrogens with zero attached hydrogens (tertiary/aromatic N) is 3. The fourth-order valence-electron chi connectivity index (χ4n) is 2.65. The van der Waals surface area contributed by atoms with Crippen molar-refractivity contribution in [3.63, 3.8) is 0 Å². The highest BCUT2D eigenvalue weighted by Crippen LogP contribution is 2.14. The molecule has 8 nitrogen and oxygen atoms in total. The second-order valence-corrected chi connectivity index (χ2v) is 8.66. The van der Waals surface area contributed by atoms with E-state index in [2.05, 4.69) is 20.5 Å². The fourth-order valence-corrected chi connectivity index (χ4v) is 3.55. The fraction of sp³-hybridized carbons (Fsp3) is 0.611. The SMILES string of the molecule is CCNC(=NCc1ccc(S(=O)(=O)N(C)C)cc1)NCCN1CCOCC1. The maximum Gasteiger partial charge on any atom is 0.242 e. The van der Waals surface area contributed by atoms with Crippen LogP contribution in [0.15, 0.2) is 34.2 Å². The molecular weight excluding hydrogens is 366 g/mol. The second kappa shape index (κ2) is 10.6. The van der Waals surface area contributed by atoms with Crippen molar-refractivity contribution in [2.45, 2.75) is 18.4 Å². The number of morpholine rings is 1. The van der Waals surface area contributed by atoms with E-state index in [-0.39, 0.29) is 4.90 Å². The lowest BCUT2D eigenvalue weighted by atomic mass is 10.2. The van der Waals surface area contributed by atoms with Crippen molar-refractivity contribution in [1.82, 2.24) is 19.8 Å². The van der Waals surface area contributed by atoms with Gasteiger partial charge in [0.05, 0.1) is 24.7 Å². The Morgan fingerprint density at radius 1 is 1.19 bits per heavy atom. The third kappa shape index (κ3) is 6.76. The average molecular weight is 398 g/mol. The van der Waals surface area contributed by atoms with Crippen LogP contribution in [0.2, 0.25) is 0 Å². The monoisotopic (exact) mass is 397 g/mol. The summed E-state index contributed by atoms with van der Waals surface area (Å²) in [5.74, 6) is 0.760. The van der Waals surface area contributed by atoms with E-state index in [1.54, 1.807) is 24.3 Å². The third-order valence-corrected chi connectivity index (χ3v) is 6.12. The van der Waals surface area contributed by atoms with Crippen molar-refractivity contribution in [1.29, 1.82) is 0 Å². The van der Waals surface area contributed by atoms with E-state index in [4.69, 9.17) is 4.74 Å². The Kier molecular flexibility index (Phi) is 8.49. The Morgan fingerprint density at radius 2 is 1.85 bits per heavy atom. The molecule has 1 aromatic carbocycles. The van der Waals surface area contributed by atoms with Crippen LogP contribution in [0.5, 0.6) is 0 Å². The van der Waals surface area contributed by atoms with Crippen LogP contribution in [-0.4, -0.2) is 83.6 Å². The van der Waals surface area contributed by atoms with Crippen molar-refractivity contribution < 1.29 is 13.2 Å². The van der Waals surface area contributed by atoms with E-state index >= 15 is 0 Å². The van der Waals surface area contributed by atoms with E-state index in [1.807, 2.05) is 6.92 Å². The lowest BCUT2D eigenvalue weighted by molar-refractivity contribution is 0.0389. The third-order valence-electron chi connectivity index (χ3n) is 4.29. The topological polar surface area (TPSA) is 86.3 Å². The zero-order valence-electron chi connectivity index (χ0n) is 16.4. The molecule has 0 radical (unpaired) electrons. The minimum atomic E-state index is -3.40. The van der Waals surface area contributed by atoms with Crippen molar-refractivity contribution in [3.05, 3.63) is 29.8 Å². The van der Waals surface area contributed by atoms with E-state index in [0.29, 0.717) is 6.54 Å². The first-order valence-corrected chi connectivity index (χ1v) is 10.7. The molecule has 2 N–H and O–H groups in total. The first-order chi connectivity index (χ1) is 12.9. The summed E-state index contributed by atoms with van der Waals surface area (Å²) >= 11 is 0. The van der Waals surface area contributed by atoms with E-state index in [1.165, 1.54) is 18.4 Å².